The highest BCUT2D eigenvalue weighted by atomic mass is 32.1. The monoisotopic (exact) mass is 314 g/mol. The Labute approximate surface area is 138 Å². The fourth-order valence-corrected chi connectivity index (χ4v) is 4.18. The van der Waals surface area contributed by atoms with Gasteiger partial charge in [0.15, 0.2) is 0 Å². The Morgan fingerprint density at radius 2 is 1.86 bits per heavy atom. The van der Waals surface area contributed by atoms with Crippen molar-refractivity contribution in [2.45, 2.75) is 52.0 Å². The molecule has 1 aliphatic rings. The molecule has 2 aromatic rings. The Hall–Kier alpha value is -1.19. The molecule has 3 rings (SSSR count). The molecule has 118 valence electrons. The maximum Gasteiger partial charge on any atom is 0.107 e. The van der Waals surface area contributed by atoms with E-state index in [4.69, 9.17) is 12.2 Å². The summed E-state index contributed by atoms with van der Waals surface area (Å²) in [4.78, 5) is 6.11. The zero-order chi connectivity index (χ0) is 15.5. The van der Waals surface area contributed by atoms with Gasteiger partial charge in [0.25, 0.3) is 0 Å². The van der Waals surface area contributed by atoms with Gasteiger partial charge in [-0.2, -0.15) is 0 Å². The predicted octanol–water partition coefficient (Wildman–Crippen LogP) is 4.88. The van der Waals surface area contributed by atoms with Crippen LogP contribution in [0, 0.1) is 4.64 Å². The Morgan fingerprint density at radius 1 is 1.14 bits per heavy atom. The van der Waals surface area contributed by atoms with Crippen molar-refractivity contribution in [3.8, 4) is 0 Å². The first-order valence-electron chi connectivity index (χ1n) is 8.61. The van der Waals surface area contributed by atoms with Gasteiger partial charge in [-0.1, -0.05) is 44.3 Å². The molecule has 0 bridgehead atoms. The average Bonchev–Trinajstić information content (AvgIpc) is 2.54. The van der Waals surface area contributed by atoms with Crippen LogP contribution in [0.4, 0.5) is 0 Å². The predicted molar refractivity (Wildman–Crippen MR) is 97.1 cm³/mol. The first-order valence-corrected chi connectivity index (χ1v) is 9.02. The summed E-state index contributed by atoms with van der Waals surface area (Å²) in [6.07, 6.45) is 5.98. The van der Waals surface area contributed by atoms with Crippen molar-refractivity contribution in [1.82, 2.24) is 9.88 Å². The number of aromatic nitrogens is 1. The van der Waals surface area contributed by atoms with Gasteiger partial charge in [0.2, 0.25) is 0 Å². The summed E-state index contributed by atoms with van der Waals surface area (Å²) < 4.78 is 0.950. The normalized spacial score (nSPS) is 17.9. The quantitative estimate of drug-likeness (QED) is 0.793. The molecule has 1 aromatic heterocycles. The number of para-hydroxylation sites is 1. The van der Waals surface area contributed by atoms with E-state index in [-0.39, 0.29) is 0 Å². The Morgan fingerprint density at radius 3 is 2.59 bits per heavy atom. The highest BCUT2D eigenvalue weighted by Crippen LogP contribution is 2.30. The summed E-state index contributed by atoms with van der Waals surface area (Å²) in [7, 11) is 0. The van der Waals surface area contributed by atoms with Crippen LogP contribution in [-0.2, 0) is 12.8 Å². The molecule has 0 radical (unpaired) electrons. The van der Waals surface area contributed by atoms with Gasteiger partial charge >= 0.3 is 0 Å². The summed E-state index contributed by atoms with van der Waals surface area (Å²) in [6.45, 7) is 6.97. The van der Waals surface area contributed by atoms with Gasteiger partial charge in [-0.15, -0.1) is 0 Å². The molecule has 0 saturated carbocycles. The second kappa shape index (κ2) is 6.93. The standard InChI is InChI=1S/C19H26N2S/c1-3-11-21(12-4-2)14-9-10-15-16-7-5-6-8-18(16)20-19(22)17(15)13-14/h5-8,14H,3-4,9-13H2,1-2H3,(H,20,22). The van der Waals surface area contributed by atoms with Crippen molar-refractivity contribution in [2.24, 2.45) is 0 Å². The number of H-pyrrole nitrogens is 1. The molecular formula is C19H26N2S. The molecular weight excluding hydrogens is 288 g/mol. The Kier molecular flexibility index (Phi) is 4.94. The van der Waals surface area contributed by atoms with E-state index in [1.54, 1.807) is 0 Å². The second-order valence-corrected chi connectivity index (χ2v) is 6.80. The van der Waals surface area contributed by atoms with Crippen LogP contribution < -0.4 is 0 Å². The molecule has 0 saturated heterocycles. The van der Waals surface area contributed by atoms with Crippen molar-refractivity contribution >= 4 is 23.1 Å². The van der Waals surface area contributed by atoms with Gasteiger partial charge in [-0.25, -0.2) is 0 Å². The summed E-state index contributed by atoms with van der Waals surface area (Å²) >= 11 is 5.66. The lowest BCUT2D eigenvalue weighted by Gasteiger charge is -2.35. The molecule has 0 amide bonds. The molecule has 3 heteroatoms. The number of pyridine rings is 1. The average molecular weight is 314 g/mol. The second-order valence-electron chi connectivity index (χ2n) is 6.39. The van der Waals surface area contributed by atoms with Crippen LogP contribution in [0.5, 0.6) is 0 Å². The number of hydrogen-bond acceptors (Lipinski definition) is 2. The lowest BCUT2D eigenvalue weighted by Crippen LogP contribution is -2.40. The lowest BCUT2D eigenvalue weighted by molar-refractivity contribution is 0.180. The maximum atomic E-state index is 5.66. The molecule has 1 aliphatic carbocycles. The fraction of sp³-hybridized carbons (Fsp3) is 0.526. The fourth-order valence-electron chi connectivity index (χ4n) is 3.87. The van der Waals surface area contributed by atoms with Crippen molar-refractivity contribution in [2.75, 3.05) is 13.1 Å². The molecule has 1 heterocycles. The van der Waals surface area contributed by atoms with Gasteiger partial charge < -0.3 is 9.88 Å². The minimum atomic E-state index is 0.656. The lowest BCUT2D eigenvalue weighted by atomic mass is 9.86. The highest BCUT2D eigenvalue weighted by molar-refractivity contribution is 7.71. The van der Waals surface area contributed by atoms with Crippen LogP contribution in [0.3, 0.4) is 0 Å². The van der Waals surface area contributed by atoms with Gasteiger partial charge in [-0.05, 0) is 62.4 Å². The van der Waals surface area contributed by atoms with Crippen molar-refractivity contribution in [3.05, 3.63) is 40.0 Å². The number of nitrogens with zero attached hydrogens (tertiary/aromatic N) is 1. The molecule has 0 spiro atoms. The number of aryl methyl sites for hydroxylation is 1. The third kappa shape index (κ3) is 2.97. The van der Waals surface area contributed by atoms with E-state index in [0.717, 1.165) is 17.5 Å². The third-order valence-electron chi connectivity index (χ3n) is 4.84. The largest absolute Gasteiger partial charge is 0.346 e. The van der Waals surface area contributed by atoms with Crippen LogP contribution in [0.25, 0.3) is 10.9 Å². The molecule has 22 heavy (non-hydrogen) atoms. The van der Waals surface area contributed by atoms with E-state index < -0.39 is 0 Å². The summed E-state index contributed by atoms with van der Waals surface area (Å²) in [6, 6.07) is 9.24. The van der Waals surface area contributed by atoms with Crippen molar-refractivity contribution in [3.63, 3.8) is 0 Å². The third-order valence-corrected chi connectivity index (χ3v) is 5.19. The first-order chi connectivity index (χ1) is 10.7. The van der Waals surface area contributed by atoms with E-state index >= 15 is 0 Å². The first kappa shape index (κ1) is 15.7. The molecule has 1 aromatic carbocycles. The number of nitrogens with one attached hydrogen (secondary N) is 1. The van der Waals surface area contributed by atoms with Crippen LogP contribution in [0.15, 0.2) is 24.3 Å². The Balaban J connectivity index is 1.96. The van der Waals surface area contributed by atoms with Crippen LogP contribution in [0.1, 0.15) is 44.2 Å². The summed E-state index contributed by atoms with van der Waals surface area (Å²) in [5.74, 6) is 0. The van der Waals surface area contributed by atoms with E-state index in [1.165, 1.54) is 54.4 Å². The van der Waals surface area contributed by atoms with E-state index in [9.17, 15) is 0 Å². The van der Waals surface area contributed by atoms with E-state index in [1.807, 2.05) is 0 Å². The molecule has 0 fully saturated rings. The smallest absolute Gasteiger partial charge is 0.107 e. The van der Waals surface area contributed by atoms with E-state index in [2.05, 4.69) is 48.0 Å². The van der Waals surface area contributed by atoms with Crippen LogP contribution in [-0.4, -0.2) is 29.0 Å². The molecule has 0 aliphatic heterocycles. The van der Waals surface area contributed by atoms with Gasteiger partial charge in [0.1, 0.15) is 4.64 Å². The maximum absolute atomic E-state index is 5.66. The van der Waals surface area contributed by atoms with Crippen LogP contribution >= 0.6 is 12.2 Å². The minimum absolute atomic E-state index is 0.656. The Bertz CT molecular complexity index is 698. The number of hydrogen-bond donors (Lipinski definition) is 1. The number of rotatable bonds is 5. The van der Waals surface area contributed by atoms with Crippen LogP contribution in [0.2, 0.25) is 0 Å². The number of benzene rings is 1. The van der Waals surface area contributed by atoms with Gasteiger partial charge in [0, 0.05) is 16.9 Å². The van der Waals surface area contributed by atoms with Gasteiger partial charge in [-0.3, -0.25) is 0 Å². The molecule has 1 N–H and O–H groups in total. The minimum Gasteiger partial charge on any atom is -0.346 e. The summed E-state index contributed by atoms with van der Waals surface area (Å²) in [5.41, 5.74) is 4.06. The molecule has 2 nitrogen and oxygen atoms in total. The van der Waals surface area contributed by atoms with Crippen molar-refractivity contribution in [1.29, 1.82) is 0 Å². The highest BCUT2D eigenvalue weighted by Gasteiger charge is 2.25. The summed E-state index contributed by atoms with van der Waals surface area (Å²) in [5, 5.41) is 1.36. The van der Waals surface area contributed by atoms with E-state index in [0.29, 0.717) is 6.04 Å². The molecule has 1 unspecified atom stereocenters. The van der Waals surface area contributed by atoms with Crippen molar-refractivity contribution < 1.29 is 0 Å². The SMILES string of the molecule is CCCN(CCC)C1CCc2c(c(=S)[nH]c3ccccc23)C1. The zero-order valence-corrected chi connectivity index (χ0v) is 14.5. The zero-order valence-electron chi connectivity index (χ0n) is 13.7. The number of fused-ring (bicyclic) bond motifs is 3. The number of aromatic amines is 1. The molecule has 1 atom stereocenters. The van der Waals surface area contributed by atoms with Gasteiger partial charge in [0.05, 0.1) is 0 Å². The topological polar surface area (TPSA) is 19.0 Å².